The van der Waals surface area contributed by atoms with Gasteiger partial charge in [-0.15, -0.1) is 0 Å². The number of carbonyl (C=O) groups is 1. The summed E-state index contributed by atoms with van der Waals surface area (Å²) in [5.74, 6) is -1.24. The summed E-state index contributed by atoms with van der Waals surface area (Å²) in [6.45, 7) is 0.125. The average Bonchev–Trinajstić information content (AvgIpc) is 2.99. The van der Waals surface area contributed by atoms with Gasteiger partial charge in [-0.05, 0) is 42.0 Å². The molecule has 0 saturated heterocycles. The Bertz CT molecular complexity index is 911. The Hall–Kier alpha value is -2.35. The fraction of sp³-hybridized carbons (Fsp3) is 0.125. The first-order chi connectivity index (χ1) is 11.4. The predicted molar refractivity (Wildman–Crippen MR) is 86.3 cm³/mol. The Kier molecular flexibility index (Phi) is 4.57. The van der Waals surface area contributed by atoms with E-state index in [2.05, 4.69) is 31.2 Å². The molecule has 1 aromatic heterocycles. The molecule has 0 bridgehead atoms. The van der Waals surface area contributed by atoms with E-state index in [-0.39, 0.29) is 6.54 Å². The van der Waals surface area contributed by atoms with Crippen molar-refractivity contribution in [3.05, 3.63) is 63.6 Å². The minimum absolute atomic E-state index is 0.125. The van der Waals surface area contributed by atoms with Crippen LogP contribution < -0.4 is 5.32 Å². The minimum atomic E-state index is -2.71. The molecule has 0 spiro atoms. The maximum absolute atomic E-state index is 13.2. The Balaban J connectivity index is 1.77. The van der Waals surface area contributed by atoms with Crippen LogP contribution in [-0.4, -0.2) is 15.9 Å². The van der Waals surface area contributed by atoms with E-state index in [1.54, 1.807) is 6.07 Å². The summed E-state index contributed by atoms with van der Waals surface area (Å²) in [5, 5.41) is 2.66. The molecule has 1 amide bonds. The predicted octanol–water partition coefficient (Wildman–Crippen LogP) is 4.33. The number of carbonyl (C=O) groups excluding carboxylic acids is 1. The van der Waals surface area contributed by atoms with E-state index in [1.165, 1.54) is 30.3 Å². The molecule has 4 nitrogen and oxygen atoms in total. The zero-order valence-corrected chi connectivity index (χ0v) is 13.7. The second-order valence-electron chi connectivity index (χ2n) is 5.07. The van der Waals surface area contributed by atoms with Crippen LogP contribution >= 0.6 is 15.9 Å². The first-order valence-corrected chi connectivity index (χ1v) is 7.73. The highest BCUT2D eigenvalue weighted by Gasteiger charge is 2.14. The summed E-state index contributed by atoms with van der Waals surface area (Å²) in [6.07, 6.45) is -2.71. The van der Waals surface area contributed by atoms with Gasteiger partial charge in [0.05, 0.1) is 11.0 Å². The lowest BCUT2D eigenvalue weighted by atomic mass is 10.1. The zero-order valence-electron chi connectivity index (χ0n) is 12.1. The van der Waals surface area contributed by atoms with Crippen LogP contribution in [0.25, 0.3) is 11.0 Å². The number of benzene rings is 2. The molecule has 0 unspecified atom stereocenters. The number of halogens is 4. The number of amides is 1. The lowest BCUT2D eigenvalue weighted by molar-refractivity contribution is 0.0951. The third kappa shape index (κ3) is 3.43. The van der Waals surface area contributed by atoms with Gasteiger partial charge in [-0.25, -0.2) is 18.2 Å². The number of nitrogens with one attached hydrogen (secondary N) is 2. The summed E-state index contributed by atoms with van der Waals surface area (Å²) in [6, 6.07) is 8.61. The first kappa shape index (κ1) is 16.5. The van der Waals surface area contributed by atoms with Gasteiger partial charge in [0.1, 0.15) is 5.82 Å². The highest BCUT2D eigenvalue weighted by molar-refractivity contribution is 9.10. The van der Waals surface area contributed by atoms with Gasteiger partial charge < -0.3 is 10.3 Å². The molecule has 0 fully saturated rings. The first-order valence-electron chi connectivity index (χ1n) is 6.94. The number of aromatic amines is 1. The van der Waals surface area contributed by atoms with E-state index >= 15 is 0 Å². The lowest BCUT2D eigenvalue weighted by Crippen LogP contribution is -2.23. The number of alkyl halides is 2. The molecular weight excluding hydrogens is 387 g/mol. The molecule has 0 radical (unpaired) electrons. The molecular formula is C16H11BrF3N3O. The van der Waals surface area contributed by atoms with Gasteiger partial charge in [0, 0.05) is 16.6 Å². The molecule has 8 heteroatoms. The highest BCUT2D eigenvalue weighted by atomic mass is 79.9. The molecule has 0 aliphatic rings. The van der Waals surface area contributed by atoms with Crippen LogP contribution in [0.15, 0.2) is 40.9 Å². The van der Waals surface area contributed by atoms with Gasteiger partial charge >= 0.3 is 0 Å². The molecule has 1 heterocycles. The topological polar surface area (TPSA) is 57.8 Å². The van der Waals surface area contributed by atoms with Crippen molar-refractivity contribution in [2.24, 2.45) is 0 Å². The second-order valence-corrected chi connectivity index (χ2v) is 5.93. The molecule has 24 heavy (non-hydrogen) atoms. The van der Waals surface area contributed by atoms with Crippen molar-refractivity contribution in [1.29, 1.82) is 0 Å². The van der Waals surface area contributed by atoms with Crippen LogP contribution in [0.1, 0.15) is 28.2 Å². The Morgan fingerprint density at radius 3 is 2.79 bits per heavy atom. The van der Waals surface area contributed by atoms with Crippen LogP contribution in [0.4, 0.5) is 13.2 Å². The van der Waals surface area contributed by atoms with E-state index in [0.29, 0.717) is 26.6 Å². The third-order valence-corrected chi connectivity index (χ3v) is 4.19. The quantitative estimate of drug-likeness (QED) is 0.688. The van der Waals surface area contributed by atoms with Crippen LogP contribution in [0.5, 0.6) is 0 Å². The van der Waals surface area contributed by atoms with Gasteiger partial charge in [-0.2, -0.15) is 0 Å². The van der Waals surface area contributed by atoms with E-state index in [0.717, 1.165) is 0 Å². The summed E-state index contributed by atoms with van der Waals surface area (Å²) < 4.78 is 39.2. The lowest BCUT2D eigenvalue weighted by Gasteiger charge is -2.07. The SMILES string of the molecule is O=C(NCc1cc(F)ccc1Br)c1ccc2nc(C(F)F)[nH]c2c1. The highest BCUT2D eigenvalue weighted by Crippen LogP contribution is 2.21. The fourth-order valence-electron chi connectivity index (χ4n) is 2.23. The van der Waals surface area contributed by atoms with Crippen molar-refractivity contribution in [1.82, 2.24) is 15.3 Å². The van der Waals surface area contributed by atoms with Gasteiger partial charge in [-0.1, -0.05) is 15.9 Å². The summed E-state index contributed by atoms with van der Waals surface area (Å²) in [5.41, 5.74) is 1.59. The average molecular weight is 398 g/mol. The molecule has 124 valence electrons. The van der Waals surface area contributed by atoms with Crippen LogP contribution in [0, 0.1) is 5.82 Å². The maximum Gasteiger partial charge on any atom is 0.295 e. The summed E-state index contributed by atoms with van der Waals surface area (Å²) >= 11 is 3.28. The maximum atomic E-state index is 13.2. The minimum Gasteiger partial charge on any atom is -0.348 e. The number of hydrogen-bond donors (Lipinski definition) is 2. The Morgan fingerprint density at radius 1 is 1.25 bits per heavy atom. The van der Waals surface area contributed by atoms with E-state index in [1.807, 2.05) is 0 Å². The van der Waals surface area contributed by atoms with Crippen molar-refractivity contribution in [3.63, 3.8) is 0 Å². The molecule has 0 saturated carbocycles. The zero-order chi connectivity index (χ0) is 17.3. The van der Waals surface area contributed by atoms with E-state index in [4.69, 9.17) is 0 Å². The molecule has 2 aromatic carbocycles. The number of H-pyrrole nitrogens is 1. The smallest absolute Gasteiger partial charge is 0.295 e. The number of rotatable bonds is 4. The fourth-order valence-corrected chi connectivity index (χ4v) is 2.62. The summed E-state index contributed by atoms with van der Waals surface area (Å²) in [4.78, 5) is 18.4. The number of hydrogen-bond acceptors (Lipinski definition) is 2. The monoisotopic (exact) mass is 397 g/mol. The van der Waals surface area contributed by atoms with E-state index < -0.39 is 24.0 Å². The Morgan fingerprint density at radius 2 is 2.04 bits per heavy atom. The standard InChI is InChI=1S/C16H11BrF3N3O/c17-11-3-2-10(18)5-9(11)7-21-16(24)8-1-4-12-13(6-8)23-15(22-12)14(19)20/h1-6,14H,7H2,(H,21,24)(H,22,23). The molecule has 3 rings (SSSR count). The third-order valence-electron chi connectivity index (χ3n) is 3.42. The van der Waals surface area contributed by atoms with Crippen LogP contribution in [0.3, 0.4) is 0 Å². The molecule has 2 N–H and O–H groups in total. The number of aromatic nitrogens is 2. The van der Waals surface area contributed by atoms with Crippen molar-refractivity contribution in [2.75, 3.05) is 0 Å². The van der Waals surface area contributed by atoms with Crippen LogP contribution in [-0.2, 0) is 6.54 Å². The van der Waals surface area contributed by atoms with Gasteiger partial charge in [0.2, 0.25) is 0 Å². The van der Waals surface area contributed by atoms with Gasteiger partial charge in [0.25, 0.3) is 12.3 Å². The molecule has 3 aromatic rings. The number of imidazole rings is 1. The second kappa shape index (κ2) is 6.64. The van der Waals surface area contributed by atoms with Crippen molar-refractivity contribution < 1.29 is 18.0 Å². The van der Waals surface area contributed by atoms with E-state index in [9.17, 15) is 18.0 Å². The molecule has 0 aliphatic heterocycles. The number of fused-ring (bicyclic) bond motifs is 1. The molecule has 0 aliphatic carbocycles. The van der Waals surface area contributed by atoms with Crippen molar-refractivity contribution in [3.8, 4) is 0 Å². The summed E-state index contributed by atoms with van der Waals surface area (Å²) in [7, 11) is 0. The Labute approximate surface area is 143 Å². The van der Waals surface area contributed by atoms with Crippen molar-refractivity contribution >= 4 is 32.9 Å². The van der Waals surface area contributed by atoms with Crippen LogP contribution in [0.2, 0.25) is 0 Å². The van der Waals surface area contributed by atoms with Crippen molar-refractivity contribution in [2.45, 2.75) is 13.0 Å². The largest absolute Gasteiger partial charge is 0.348 e. The van der Waals surface area contributed by atoms with Gasteiger partial charge in [-0.3, -0.25) is 4.79 Å². The number of nitrogens with zero attached hydrogens (tertiary/aromatic N) is 1. The normalized spacial score (nSPS) is 11.2. The molecule has 0 atom stereocenters. The van der Waals surface area contributed by atoms with Gasteiger partial charge in [0.15, 0.2) is 5.82 Å².